The summed E-state index contributed by atoms with van der Waals surface area (Å²) in [6.07, 6.45) is 1.58. The highest BCUT2D eigenvalue weighted by Crippen LogP contribution is 2.24. The molecule has 0 spiro atoms. The minimum absolute atomic E-state index is 0.196. The van der Waals surface area contributed by atoms with E-state index in [1.165, 1.54) is 12.5 Å². The fourth-order valence-corrected chi connectivity index (χ4v) is 2.22. The second-order valence-corrected chi connectivity index (χ2v) is 4.71. The first-order valence-electron chi connectivity index (χ1n) is 6.74. The van der Waals surface area contributed by atoms with Crippen LogP contribution in [0.25, 0.3) is 11.0 Å². The van der Waals surface area contributed by atoms with Crippen LogP contribution in [0.5, 0.6) is 0 Å². The van der Waals surface area contributed by atoms with Gasteiger partial charge in [0, 0.05) is 24.5 Å². The van der Waals surface area contributed by atoms with Crippen LogP contribution in [0.3, 0.4) is 0 Å². The van der Waals surface area contributed by atoms with Crippen molar-refractivity contribution in [3.8, 4) is 0 Å². The molecule has 0 unspecified atom stereocenters. The van der Waals surface area contributed by atoms with Crippen molar-refractivity contribution in [3.05, 3.63) is 48.4 Å². The molecule has 0 saturated carbocycles. The van der Waals surface area contributed by atoms with E-state index < -0.39 is 6.09 Å². The smallest absolute Gasteiger partial charge is 0.417 e. The number of carbonyl (C=O) groups is 2. The number of nitrogens with one attached hydrogen (secondary N) is 2. The molecule has 0 aliphatic rings. The third-order valence-electron chi connectivity index (χ3n) is 3.30. The average Bonchev–Trinajstić information content (AvgIpc) is 3.00. The number of nitrogens with zero attached hydrogens (tertiary/aromatic N) is 3. The Bertz CT molecular complexity index is 903. The molecule has 0 fully saturated rings. The highest BCUT2D eigenvalue weighted by molar-refractivity contribution is 5.96. The monoisotopic (exact) mass is 311 g/mol. The largest absolute Gasteiger partial charge is 0.464 e. The molecule has 0 aliphatic carbocycles. The summed E-state index contributed by atoms with van der Waals surface area (Å²) < 4.78 is 1.02. The van der Waals surface area contributed by atoms with Crippen LogP contribution in [0.15, 0.2) is 42.9 Å². The Morgan fingerprint density at radius 3 is 2.78 bits per heavy atom. The normalized spacial score (nSPS) is 10.5. The highest BCUT2D eigenvalue weighted by Gasteiger charge is 2.12. The zero-order valence-electron chi connectivity index (χ0n) is 12.1. The van der Waals surface area contributed by atoms with Gasteiger partial charge in [-0.2, -0.15) is 0 Å². The number of carbonyl (C=O) groups excluding carboxylic acids is 1. The Hall–Kier alpha value is -3.42. The third-order valence-corrected chi connectivity index (χ3v) is 3.30. The molecule has 3 N–H and O–H groups in total. The number of hydrogen-bond acceptors (Lipinski definition) is 5. The van der Waals surface area contributed by atoms with Gasteiger partial charge in [0.25, 0.3) is 5.91 Å². The summed E-state index contributed by atoms with van der Waals surface area (Å²) in [5.41, 5.74) is 1.46. The van der Waals surface area contributed by atoms with Crippen LogP contribution in [-0.4, -0.2) is 38.7 Å². The number of anilines is 2. The topological polar surface area (TPSA) is 109 Å². The lowest BCUT2D eigenvalue weighted by Crippen LogP contribution is -2.17. The second-order valence-electron chi connectivity index (χ2n) is 4.71. The number of carboxylic acid groups (broad SMARTS) is 1. The van der Waals surface area contributed by atoms with Crippen molar-refractivity contribution < 1.29 is 14.7 Å². The first kappa shape index (κ1) is 14.5. The Morgan fingerprint density at radius 1 is 1.22 bits per heavy atom. The van der Waals surface area contributed by atoms with Gasteiger partial charge in [-0.15, -0.1) is 0 Å². The Kier molecular flexibility index (Phi) is 3.63. The number of hydrogen-bond donors (Lipinski definition) is 3. The van der Waals surface area contributed by atoms with E-state index in [4.69, 9.17) is 5.11 Å². The lowest BCUT2D eigenvalue weighted by Gasteiger charge is -2.08. The Balaban J connectivity index is 1.99. The van der Waals surface area contributed by atoms with E-state index in [9.17, 15) is 9.59 Å². The molecular formula is C15H13N5O3. The maximum atomic E-state index is 11.7. The average molecular weight is 311 g/mol. The first-order chi connectivity index (χ1) is 11.1. The SMILES string of the molecule is CNC(=O)c1cccc(Nc2ncnc3c2ccn3C(=O)O)c1. The molecule has 8 heteroatoms. The van der Waals surface area contributed by atoms with E-state index in [1.807, 2.05) is 0 Å². The fraction of sp³-hybridized carbons (Fsp3) is 0.0667. The Labute approximate surface area is 130 Å². The highest BCUT2D eigenvalue weighted by atomic mass is 16.4. The molecule has 1 aromatic carbocycles. The van der Waals surface area contributed by atoms with Gasteiger partial charge < -0.3 is 15.7 Å². The third kappa shape index (κ3) is 2.69. The minimum Gasteiger partial charge on any atom is -0.464 e. The predicted octanol–water partition coefficient (Wildman–Crippen LogP) is 2.06. The summed E-state index contributed by atoms with van der Waals surface area (Å²) in [6, 6.07) is 8.53. The van der Waals surface area contributed by atoms with Crippen molar-refractivity contribution in [1.29, 1.82) is 0 Å². The van der Waals surface area contributed by atoms with Gasteiger partial charge in [0.15, 0.2) is 5.65 Å². The van der Waals surface area contributed by atoms with Gasteiger partial charge in [-0.05, 0) is 24.3 Å². The van der Waals surface area contributed by atoms with Crippen LogP contribution in [-0.2, 0) is 0 Å². The molecule has 3 aromatic rings. The van der Waals surface area contributed by atoms with Crippen molar-refractivity contribution in [2.75, 3.05) is 12.4 Å². The minimum atomic E-state index is -1.12. The molecule has 2 heterocycles. The Morgan fingerprint density at radius 2 is 2.04 bits per heavy atom. The lowest BCUT2D eigenvalue weighted by atomic mass is 10.2. The number of rotatable bonds is 3. The summed E-state index contributed by atoms with van der Waals surface area (Å²) in [5, 5.41) is 15.3. The number of fused-ring (bicyclic) bond motifs is 1. The molecule has 116 valence electrons. The van der Waals surface area contributed by atoms with Crippen LogP contribution in [0, 0.1) is 0 Å². The van der Waals surface area contributed by atoms with Crippen LogP contribution in [0.4, 0.5) is 16.3 Å². The van der Waals surface area contributed by atoms with Gasteiger partial charge in [0.2, 0.25) is 0 Å². The number of aromatic nitrogens is 3. The molecule has 0 bridgehead atoms. The van der Waals surface area contributed by atoms with Gasteiger partial charge in [0.05, 0.1) is 5.39 Å². The maximum absolute atomic E-state index is 11.7. The van der Waals surface area contributed by atoms with E-state index >= 15 is 0 Å². The number of amides is 1. The fourth-order valence-electron chi connectivity index (χ4n) is 2.22. The van der Waals surface area contributed by atoms with Crippen molar-refractivity contribution in [1.82, 2.24) is 19.9 Å². The van der Waals surface area contributed by atoms with Gasteiger partial charge in [0.1, 0.15) is 12.1 Å². The van der Waals surface area contributed by atoms with Crippen LogP contribution in [0.2, 0.25) is 0 Å². The standard InChI is InChI=1S/C15H13N5O3/c1-16-14(21)9-3-2-4-10(7-9)19-12-11-5-6-20(15(22)23)13(11)18-8-17-12/h2-8H,1H3,(H,16,21)(H,22,23)(H,17,18,19). The molecule has 1 amide bonds. The van der Waals surface area contributed by atoms with E-state index in [1.54, 1.807) is 37.4 Å². The van der Waals surface area contributed by atoms with Crippen molar-refractivity contribution >= 4 is 34.5 Å². The van der Waals surface area contributed by atoms with E-state index in [0.717, 1.165) is 4.57 Å². The summed E-state index contributed by atoms with van der Waals surface area (Å²) >= 11 is 0. The lowest BCUT2D eigenvalue weighted by molar-refractivity contribution is 0.0963. The molecule has 0 atom stereocenters. The van der Waals surface area contributed by atoms with E-state index in [2.05, 4.69) is 20.6 Å². The van der Waals surface area contributed by atoms with Crippen LogP contribution in [0.1, 0.15) is 10.4 Å². The molecule has 2 aromatic heterocycles. The summed E-state index contributed by atoms with van der Waals surface area (Å²) in [7, 11) is 1.56. The van der Waals surface area contributed by atoms with Crippen molar-refractivity contribution in [2.24, 2.45) is 0 Å². The summed E-state index contributed by atoms with van der Waals surface area (Å²) in [5.74, 6) is 0.266. The second kappa shape index (κ2) is 5.76. The quantitative estimate of drug-likeness (QED) is 0.683. The molecular weight excluding hydrogens is 298 g/mol. The van der Waals surface area contributed by atoms with Crippen molar-refractivity contribution in [3.63, 3.8) is 0 Å². The van der Waals surface area contributed by atoms with E-state index in [-0.39, 0.29) is 11.6 Å². The molecule has 0 saturated heterocycles. The van der Waals surface area contributed by atoms with Gasteiger partial charge >= 0.3 is 6.09 Å². The van der Waals surface area contributed by atoms with Gasteiger partial charge in [-0.1, -0.05) is 6.07 Å². The summed E-state index contributed by atoms with van der Waals surface area (Å²) in [4.78, 5) is 30.9. The zero-order valence-corrected chi connectivity index (χ0v) is 12.1. The predicted molar refractivity (Wildman–Crippen MR) is 84.1 cm³/mol. The maximum Gasteiger partial charge on any atom is 0.417 e. The van der Waals surface area contributed by atoms with Crippen LogP contribution >= 0.6 is 0 Å². The summed E-state index contributed by atoms with van der Waals surface area (Å²) in [6.45, 7) is 0. The zero-order chi connectivity index (χ0) is 16.4. The van der Waals surface area contributed by atoms with Gasteiger partial charge in [-0.25, -0.2) is 19.3 Å². The number of benzene rings is 1. The molecule has 8 nitrogen and oxygen atoms in total. The van der Waals surface area contributed by atoms with E-state index in [0.29, 0.717) is 22.5 Å². The molecule has 0 radical (unpaired) electrons. The van der Waals surface area contributed by atoms with Gasteiger partial charge in [-0.3, -0.25) is 4.79 Å². The van der Waals surface area contributed by atoms with Crippen LogP contribution < -0.4 is 10.6 Å². The molecule has 3 rings (SSSR count). The van der Waals surface area contributed by atoms with Crippen molar-refractivity contribution in [2.45, 2.75) is 0 Å². The molecule has 0 aliphatic heterocycles. The first-order valence-corrected chi connectivity index (χ1v) is 6.74. The molecule has 23 heavy (non-hydrogen) atoms.